The van der Waals surface area contributed by atoms with E-state index in [4.69, 9.17) is 37.9 Å². The minimum atomic E-state index is -1.96. The number of fused-ring (bicyclic) bond motifs is 3. The molecule has 0 aromatic rings. The molecule has 14 N–H and O–H groups in total. The first-order chi connectivity index (χ1) is 31.6. The van der Waals surface area contributed by atoms with Crippen molar-refractivity contribution >= 4 is 5.97 Å². The van der Waals surface area contributed by atoms with E-state index in [1.54, 1.807) is 6.92 Å². The molecule has 67 heavy (non-hydrogen) atoms. The third-order valence-electron chi connectivity index (χ3n) is 16.4. The molecule has 0 aromatic heterocycles. The fourth-order valence-electron chi connectivity index (χ4n) is 12.2. The summed E-state index contributed by atoms with van der Waals surface area (Å²) in [5.41, 5.74) is -2.12. The topological polar surface area (TPSA) is 374 Å². The van der Waals surface area contributed by atoms with Gasteiger partial charge in [0.1, 0.15) is 97.7 Å². The molecule has 26 atom stereocenters. The summed E-state index contributed by atoms with van der Waals surface area (Å²) in [5.74, 6) is -0.795. The zero-order valence-corrected chi connectivity index (χ0v) is 37.9. The van der Waals surface area contributed by atoms with Crippen LogP contribution in [-0.4, -0.2) is 232 Å². The normalized spacial score (nSPS) is 53.0. The number of ether oxygens (including phenoxy) is 8. The van der Waals surface area contributed by atoms with Crippen molar-refractivity contribution in [2.75, 3.05) is 26.4 Å². The molecule has 23 unspecified atom stereocenters. The second kappa shape index (κ2) is 20.8. The van der Waals surface area contributed by atoms with Crippen LogP contribution in [0.15, 0.2) is 12.2 Å². The summed E-state index contributed by atoms with van der Waals surface area (Å²) in [6, 6.07) is 0. The average molecular weight is 969 g/mol. The SMILES string of the molecule is C=C1CC2CCC3[C@](C)(C(=O)OC4OC(CO)C(O)C(O)C4O)CCC[C@@]3(C)[C@@H]2CCC1(C)OC1OC(CO)C(O)C(OC2OC(CO)C(O)C(O)C2O)C1OC1OC(CO)C(O)C(O)C1O. The minimum absolute atomic E-state index is 0.00386. The Balaban J connectivity index is 1.15. The van der Waals surface area contributed by atoms with Crippen LogP contribution in [0.3, 0.4) is 0 Å². The van der Waals surface area contributed by atoms with Gasteiger partial charge in [-0.15, -0.1) is 0 Å². The van der Waals surface area contributed by atoms with Crippen molar-refractivity contribution in [2.45, 2.75) is 201 Å². The van der Waals surface area contributed by atoms with Gasteiger partial charge in [-0.1, -0.05) is 19.9 Å². The first-order valence-electron chi connectivity index (χ1n) is 23.3. The Morgan fingerprint density at radius 2 is 1.03 bits per heavy atom. The molecule has 4 aliphatic heterocycles. The van der Waals surface area contributed by atoms with Crippen molar-refractivity contribution in [3.63, 3.8) is 0 Å². The Hall–Kier alpha value is -1.63. The highest BCUT2D eigenvalue weighted by atomic mass is 16.8. The Kier molecular flexibility index (Phi) is 16.5. The van der Waals surface area contributed by atoms with Crippen LogP contribution in [0.1, 0.15) is 72.1 Å². The fourth-order valence-corrected chi connectivity index (χ4v) is 12.2. The van der Waals surface area contributed by atoms with E-state index in [0.29, 0.717) is 50.5 Å². The maximum atomic E-state index is 14.2. The number of hydrogen-bond acceptors (Lipinski definition) is 23. The molecule has 0 radical (unpaired) electrons. The summed E-state index contributed by atoms with van der Waals surface area (Å²) in [7, 11) is 0. The van der Waals surface area contributed by atoms with Gasteiger partial charge in [0.15, 0.2) is 18.9 Å². The summed E-state index contributed by atoms with van der Waals surface area (Å²) in [6.45, 7) is 7.09. The molecule has 7 rings (SSSR count). The number of hydrogen-bond donors (Lipinski definition) is 14. The Labute approximate surface area is 387 Å². The van der Waals surface area contributed by atoms with Crippen molar-refractivity contribution in [1.29, 1.82) is 0 Å². The highest BCUT2D eigenvalue weighted by Gasteiger charge is 2.62. The lowest BCUT2D eigenvalue weighted by molar-refractivity contribution is -0.398. The maximum absolute atomic E-state index is 14.2. The number of esters is 1. The Morgan fingerprint density at radius 1 is 0.567 bits per heavy atom. The maximum Gasteiger partial charge on any atom is 0.314 e. The van der Waals surface area contributed by atoms with E-state index in [-0.39, 0.29) is 17.8 Å². The summed E-state index contributed by atoms with van der Waals surface area (Å²) < 4.78 is 47.9. The Morgan fingerprint density at radius 3 is 1.55 bits per heavy atom. The molecule has 23 nitrogen and oxygen atoms in total. The minimum Gasteiger partial charge on any atom is -0.432 e. The largest absolute Gasteiger partial charge is 0.432 e. The lowest BCUT2D eigenvalue weighted by Gasteiger charge is -2.59. The second-order valence-electron chi connectivity index (χ2n) is 20.4. The van der Waals surface area contributed by atoms with Gasteiger partial charge in [-0.05, 0) is 87.5 Å². The van der Waals surface area contributed by atoms with Crippen LogP contribution in [-0.2, 0) is 42.7 Å². The average Bonchev–Trinajstić information content (AvgIpc) is 3.43. The van der Waals surface area contributed by atoms with Crippen LogP contribution in [0.25, 0.3) is 0 Å². The van der Waals surface area contributed by atoms with Gasteiger partial charge >= 0.3 is 5.97 Å². The van der Waals surface area contributed by atoms with Gasteiger partial charge in [0.2, 0.25) is 6.29 Å². The summed E-state index contributed by atoms with van der Waals surface area (Å²) in [6.07, 6.45) is -29.8. The Bertz CT molecular complexity index is 1690. The third kappa shape index (κ3) is 9.74. The lowest BCUT2D eigenvalue weighted by Crippen LogP contribution is -2.67. The van der Waals surface area contributed by atoms with Gasteiger partial charge in [-0.25, -0.2) is 0 Å². The first-order valence-corrected chi connectivity index (χ1v) is 23.3. The molecule has 0 amide bonds. The number of carbonyl (C=O) groups is 1. The van der Waals surface area contributed by atoms with Crippen LogP contribution in [0.2, 0.25) is 0 Å². The first kappa shape index (κ1) is 53.2. The smallest absolute Gasteiger partial charge is 0.314 e. The van der Waals surface area contributed by atoms with Gasteiger partial charge in [-0.3, -0.25) is 4.79 Å². The number of carbonyl (C=O) groups excluding carboxylic acids is 1. The zero-order chi connectivity index (χ0) is 49.1. The number of aliphatic hydroxyl groups excluding tert-OH is 14. The predicted molar refractivity (Wildman–Crippen MR) is 221 cm³/mol. The van der Waals surface area contributed by atoms with Crippen LogP contribution in [0.5, 0.6) is 0 Å². The quantitative estimate of drug-likeness (QED) is 0.0644. The molecule has 3 saturated carbocycles. The molecule has 386 valence electrons. The van der Waals surface area contributed by atoms with Crippen LogP contribution >= 0.6 is 0 Å². The summed E-state index contributed by atoms with van der Waals surface area (Å²) >= 11 is 0. The van der Waals surface area contributed by atoms with Crippen LogP contribution in [0, 0.1) is 28.6 Å². The molecule has 7 fully saturated rings. The standard InChI is InChI=1S/C44H72O23/c1-17-12-18-6-7-24-42(2,9-5-10-43(24,3)41(59)66-39-34(58)31(55)27(51)22(15-47)62-39)19(18)8-11-44(17,4)67-40-36(65-38-33(57)30(54)26(50)21(14-46)61-38)35(28(52)23(16-48)63-40)64-37-32(56)29(53)25(49)20(13-45)60-37/h18-40,45-58H,1,5-16H2,2-4H3/t18?,19-,20?,21?,22?,23?,24?,25?,26?,27?,28?,29?,30?,31?,32?,33?,34?,35?,36?,37?,38?,39?,40?,42+,43-,44?/m1/s1. The van der Waals surface area contributed by atoms with Crippen molar-refractivity contribution in [3.05, 3.63) is 12.2 Å². The monoisotopic (exact) mass is 968 g/mol. The molecular formula is C44H72O23. The van der Waals surface area contributed by atoms with Gasteiger partial charge < -0.3 is 109 Å². The molecule has 23 heteroatoms. The van der Waals surface area contributed by atoms with Gasteiger partial charge in [0, 0.05) is 0 Å². The highest BCUT2D eigenvalue weighted by Crippen LogP contribution is 2.65. The molecule has 4 saturated heterocycles. The summed E-state index contributed by atoms with van der Waals surface area (Å²) in [4.78, 5) is 14.2. The van der Waals surface area contributed by atoms with Gasteiger partial charge in [0.25, 0.3) is 0 Å². The van der Waals surface area contributed by atoms with Crippen molar-refractivity contribution in [2.24, 2.45) is 28.6 Å². The molecule has 7 aliphatic rings. The van der Waals surface area contributed by atoms with Crippen molar-refractivity contribution in [1.82, 2.24) is 0 Å². The van der Waals surface area contributed by atoms with Gasteiger partial charge in [-0.2, -0.15) is 0 Å². The van der Waals surface area contributed by atoms with E-state index in [9.17, 15) is 76.3 Å². The molecule has 0 aromatic carbocycles. The summed E-state index contributed by atoms with van der Waals surface area (Å²) in [5, 5.41) is 147. The predicted octanol–water partition coefficient (Wildman–Crippen LogP) is -4.87. The van der Waals surface area contributed by atoms with Crippen molar-refractivity contribution < 1.29 is 114 Å². The number of aliphatic hydroxyl groups is 14. The van der Waals surface area contributed by atoms with E-state index in [1.165, 1.54) is 0 Å². The van der Waals surface area contributed by atoms with E-state index >= 15 is 0 Å². The van der Waals surface area contributed by atoms with Crippen molar-refractivity contribution in [3.8, 4) is 0 Å². The molecule has 0 bridgehead atoms. The second-order valence-corrected chi connectivity index (χ2v) is 20.4. The number of rotatable bonds is 12. The third-order valence-corrected chi connectivity index (χ3v) is 16.4. The van der Waals surface area contributed by atoms with E-state index in [2.05, 4.69) is 13.5 Å². The van der Waals surface area contributed by atoms with E-state index in [1.807, 2.05) is 6.92 Å². The van der Waals surface area contributed by atoms with E-state index < -0.39 is 172 Å². The van der Waals surface area contributed by atoms with Gasteiger partial charge in [0.05, 0.1) is 37.4 Å². The lowest BCUT2D eigenvalue weighted by atomic mass is 9.45. The molecule has 3 aliphatic carbocycles. The highest BCUT2D eigenvalue weighted by molar-refractivity contribution is 5.77. The fraction of sp³-hybridized carbons (Fsp3) is 0.932. The molecular weight excluding hydrogens is 896 g/mol. The molecule has 0 spiro atoms. The zero-order valence-electron chi connectivity index (χ0n) is 37.9. The van der Waals surface area contributed by atoms with E-state index in [0.717, 1.165) is 6.42 Å². The molecule has 4 heterocycles. The van der Waals surface area contributed by atoms with Crippen LogP contribution in [0.4, 0.5) is 0 Å². The van der Waals surface area contributed by atoms with Crippen LogP contribution < -0.4 is 0 Å².